The predicted octanol–water partition coefficient (Wildman–Crippen LogP) is -0.0399. The molecule has 1 aromatic rings. The molecule has 8 nitrogen and oxygen atoms in total. The van der Waals surface area contributed by atoms with Crippen LogP contribution in [0, 0.1) is 0 Å². The van der Waals surface area contributed by atoms with E-state index >= 15 is 0 Å². The minimum Gasteiger partial charge on any atom is -0.383 e. The van der Waals surface area contributed by atoms with Crippen LogP contribution in [0.25, 0.3) is 0 Å². The highest BCUT2D eigenvalue weighted by Crippen LogP contribution is 2.12. The van der Waals surface area contributed by atoms with Gasteiger partial charge >= 0.3 is 5.69 Å². The first-order chi connectivity index (χ1) is 9.97. The predicted molar refractivity (Wildman–Crippen MR) is 81.6 cm³/mol. The van der Waals surface area contributed by atoms with Crippen LogP contribution in [-0.4, -0.2) is 36.2 Å². The van der Waals surface area contributed by atoms with E-state index < -0.39 is 17.5 Å². The fourth-order valence-corrected chi connectivity index (χ4v) is 1.93. The van der Waals surface area contributed by atoms with E-state index in [0.29, 0.717) is 6.54 Å². The fraction of sp³-hybridized carbons (Fsp3) is 0.692. The third-order valence-corrected chi connectivity index (χ3v) is 3.29. The summed E-state index contributed by atoms with van der Waals surface area (Å²) < 4.78 is 12.5. The number of nitrogens with two attached hydrogens (primary N) is 1. The van der Waals surface area contributed by atoms with Crippen LogP contribution in [0.5, 0.6) is 0 Å². The Bertz CT molecular complexity index is 575. The average Bonchev–Trinajstić information content (AvgIpc) is 2.49. The van der Waals surface area contributed by atoms with Crippen molar-refractivity contribution in [2.75, 3.05) is 31.8 Å². The average molecular weight is 300 g/mol. The molecule has 21 heavy (non-hydrogen) atoms. The molecule has 0 aliphatic carbocycles. The largest absolute Gasteiger partial charge is 0.383 e. The van der Waals surface area contributed by atoms with Crippen molar-refractivity contribution in [2.45, 2.75) is 32.6 Å². The zero-order chi connectivity index (χ0) is 16.0. The Hall–Kier alpha value is -1.80. The van der Waals surface area contributed by atoms with Gasteiger partial charge in [-0.1, -0.05) is 13.3 Å². The molecule has 0 fully saturated rings. The zero-order valence-corrected chi connectivity index (χ0v) is 13.0. The monoisotopic (exact) mass is 300 g/mol. The Labute approximate surface area is 123 Å². The number of nitrogens with zero attached hydrogens (tertiary/aromatic N) is 2. The maximum Gasteiger partial charge on any atom is 0.332 e. The third kappa shape index (κ3) is 3.85. The standard InChI is InChI=1S/C13H24N4O4/c1-5-6-7-17-11(14)10(12(18)16(2)13(17)19)15-8-9(20-3)21-4/h9,15H,5-8,14H2,1-4H3. The van der Waals surface area contributed by atoms with Gasteiger partial charge < -0.3 is 20.5 Å². The van der Waals surface area contributed by atoms with Crippen LogP contribution in [0.4, 0.5) is 11.5 Å². The van der Waals surface area contributed by atoms with Gasteiger partial charge in [0.05, 0.1) is 6.54 Å². The molecule has 1 rings (SSSR count). The molecule has 0 saturated heterocycles. The summed E-state index contributed by atoms with van der Waals surface area (Å²) in [5, 5.41) is 2.90. The van der Waals surface area contributed by atoms with Crippen molar-refractivity contribution in [3.8, 4) is 0 Å². The highest BCUT2D eigenvalue weighted by molar-refractivity contribution is 5.60. The van der Waals surface area contributed by atoms with Gasteiger partial charge in [0.1, 0.15) is 11.5 Å². The molecule has 0 radical (unpaired) electrons. The van der Waals surface area contributed by atoms with Gasteiger partial charge in [0.2, 0.25) is 0 Å². The lowest BCUT2D eigenvalue weighted by Crippen LogP contribution is -2.41. The van der Waals surface area contributed by atoms with Gasteiger partial charge in [-0.25, -0.2) is 4.79 Å². The van der Waals surface area contributed by atoms with Crippen molar-refractivity contribution in [3.63, 3.8) is 0 Å². The molecule has 1 aromatic heterocycles. The minimum absolute atomic E-state index is 0.141. The molecular formula is C13H24N4O4. The Kier molecular flexibility index (Phi) is 6.44. The van der Waals surface area contributed by atoms with Gasteiger partial charge in [0.25, 0.3) is 5.56 Å². The zero-order valence-electron chi connectivity index (χ0n) is 13.0. The molecule has 0 spiro atoms. The molecule has 0 bridgehead atoms. The summed E-state index contributed by atoms with van der Waals surface area (Å²) in [6.07, 6.45) is 1.22. The van der Waals surface area contributed by atoms with Crippen molar-refractivity contribution < 1.29 is 9.47 Å². The number of unbranched alkanes of at least 4 members (excludes halogenated alkanes) is 1. The molecule has 0 aliphatic heterocycles. The summed E-state index contributed by atoms with van der Waals surface area (Å²) in [5.41, 5.74) is 5.28. The summed E-state index contributed by atoms with van der Waals surface area (Å²) >= 11 is 0. The first-order valence-corrected chi connectivity index (χ1v) is 6.86. The van der Waals surface area contributed by atoms with E-state index in [1.54, 1.807) is 0 Å². The topological polar surface area (TPSA) is 101 Å². The van der Waals surface area contributed by atoms with Crippen molar-refractivity contribution in [3.05, 3.63) is 20.8 Å². The molecule has 0 aliphatic rings. The second-order valence-electron chi connectivity index (χ2n) is 4.69. The van der Waals surface area contributed by atoms with E-state index in [1.165, 1.54) is 25.8 Å². The number of anilines is 2. The maximum absolute atomic E-state index is 12.2. The quantitative estimate of drug-likeness (QED) is 0.653. The molecule has 120 valence electrons. The Morgan fingerprint density at radius 1 is 1.29 bits per heavy atom. The molecule has 1 heterocycles. The van der Waals surface area contributed by atoms with Gasteiger partial charge in [0.15, 0.2) is 6.29 Å². The van der Waals surface area contributed by atoms with E-state index in [9.17, 15) is 9.59 Å². The van der Waals surface area contributed by atoms with Gasteiger partial charge in [-0.3, -0.25) is 13.9 Å². The summed E-state index contributed by atoms with van der Waals surface area (Å²) in [7, 11) is 4.43. The Balaban J connectivity index is 3.16. The summed E-state index contributed by atoms with van der Waals surface area (Å²) in [6, 6.07) is 0. The van der Waals surface area contributed by atoms with Crippen LogP contribution in [-0.2, 0) is 23.1 Å². The van der Waals surface area contributed by atoms with Gasteiger partial charge in [-0.2, -0.15) is 0 Å². The number of hydrogen-bond acceptors (Lipinski definition) is 6. The van der Waals surface area contributed by atoms with Crippen LogP contribution in [0.15, 0.2) is 9.59 Å². The lowest BCUT2D eigenvalue weighted by Gasteiger charge is -2.18. The van der Waals surface area contributed by atoms with E-state index in [0.717, 1.165) is 17.4 Å². The molecule has 0 saturated carbocycles. The van der Waals surface area contributed by atoms with Gasteiger partial charge in [-0.15, -0.1) is 0 Å². The van der Waals surface area contributed by atoms with Crippen molar-refractivity contribution in [1.29, 1.82) is 0 Å². The van der Waals surface area contributed by atoms with Crippen LogP contribution in [0.1, 0.15) is 19.8 Å². The Morgan fingerprint density at radius 3 is 2.43 bits per heavy atom. The number of ether oxygens (including phenoxy) is 2. The van der Waals surface area contributed by atoms with Crippen molar-refractivity contribution in [1.82, 2.24) is 9.13 Å². The Morgan fingerprint density at radius 2 is 1.90 bits per heavy atom. The van der Waals surface area contributed by atoms with E-state index in [-0.39, 0.29) is 18.1 Å². The molecule has 8 heteroatoms. The number of nitrogens with one attached hydrogen (secondary N) is 1. The second-order valence-corrected chi connectivity index (χ2v) is 4.69. The smallest absolute Gasteiger partial charge is 0.332 e. The third-order valence-electron chi connectivity index (χ3n) is 3.29. The number of hydrogen-bond donors (Lipinski definition) is 2. The normalized spacial score (nSPS) is 11.1. The fourth-order valence-electron chi connectivity index (χ4n) is 1.93. The second kappa shape index (κ2) is 7.84. The number of rotatable bonds is 8. The summed E-state index contributed by atoms with van der Waals surface area (Å²) in [5.74, 6) is 0.141. The molecule has 3 N–H and O–H groups in total. The maximum atomic E-state index is 12.2. The lowest BCUT2D eigenvalue weighted by molar-refractivity contribution is -0.0914. The van der Waals surface area contributed by atoms with Crippen LogP contribution in [0.3, 0.4) is 0 Å². The number of methoxy groups -OCH3 is 2. The van der Waals surface area contributed by atoms with Crippen LogP contribution in [0.2, 0.25) is 0 Å². The number of aromatic nitrogens is 2. The highest BCUT2D eigenvalue weighted by atomic mass is 16.7. The molecule has 0 amide bonds. The minimum atomic E-state index is -0.509. The van der Waals surface area contributed by atoms with Crippen molar-refractivity contribution >= 4 is 11.5 Å². The number of nitrogen functional groups attached to an aromatic ring is 1. The molecule has 0 aromatic carbocycles. The van der Waals surface area contributed by atoms with E-state index in [4.69, 9.17) is 15.2 Å². The SMILES string of the molecule is CCCCn1c(N)c(NCC(OC)OC)c(=O)n(C)c1=O. The lowest BCUT2D eigenvalue weighted by atomic mass is 10.3. The first kappa shape index (κ1) is 17.3. The van der Waals surface area contributed by atoms with E-state index in [2.05, 4.69) is 5.32 Å². The molecule has 0 atom stereocenters. The van der Waals surface area contributed by atoms with Crippen LogP contribution >= 0.6 is 0 Å². The highest BCUT2D eigenvalue weighted by Gasteiger charge is 2.16. The van der Waals surface area contributed by atoms with Crippen LogP contribution < -0.4 is 22.3 Å². The molecule has 0 unspecified atom stereocenters. The van der Waals surface area contributed by atoms with E-state index in [1.807, 2.05) is 6.92 Å². The molecular weight excluding hydrogens is 276 g/mol. The summed E-state index contributed by atoms with van der Waals surface area (Å²) in [6.45, 7) is 2.74. The first-order valence-electron chi connectivity index (χ1n) is 6.86. The van der Waals surface area contributed by atoms with Crippen molar-refractivity contribution in [2.24, 2.45) is 7.05 Å². The van der Waals surface area contributed by atoms with Gasteiger partial charge in [-0.05, 0) is 6.42 Å². The van der Waals surface area contributed by atoms with Gasteiger partial charge in [0, 0.05) is 27.8 Å². The summed E-state index contributed by atoms with van der Waals surface area (Å²) in [4.78, 5) is 24.2.